The number of hydrogen-bond acceptors (Lipinski definition) is 3. The number of rotatable bonds is 7. The number of hydrogen-bond donors (Lipinski definition) is 2. The minimum absolute atomic E-state index is 0.0856. The summed E-state index contributed by atoms with van der Waals surface area (Å²) < 4.78 is 18.4. The first-order chi connectivity index (χ1) is 11.0. The van der Waals surface area contributed by atoms with Crippen molar-refractivity contribution >= 4 is 5.91 Å². The van der Waals surface area contributed by atoms with E-state index in [1.165, 1.54) is 12.1 Å². The smallest absolute Gasteiger partial charge is 0.220 e. The molecule has 2 aromatic rings. The topological polar surface area (TPSA) is 58.6 Å². The van der Waals surface area contributed by atoms with Gasteiger partial charge < -0.3 is 15.2 Å². The lowest BCUT2D eigenvalue weighted by Gasteiger charge is -2.08. The molecule has 0 aliphatic rings. The largest absolute Gasteiger partial charge is 0.457 e. The molecule has 2 N–H and O–H groups in total. The number of amides is 1. The van der Waals surface area contributed by atoms with Gasteiger partial charge in [0, 0.05) is 13.0 Å². The molecule has 0 aromatic heterocycles. The van der Waals surface area contributed by atoms with E-state index in [1.807, 2.05) is 12.1 Å². The van der Waals surface area contributed by atoms with Crippen molar-refractivity contribution < 1.29 is 19.0 Å². The van der Waals surface area contributed by atoms with Gasteiger partial charge in [0.15, 0.2) is 0 Å². The quantitative estimate of drug-likeness (QED) is 0.823. The minimum Gasteiger partial charge on any atom is -0.457 e. The Labute approximate surface area is 134 Å². The van der Waals surface area contributed by atoms with Crippen LogP contribution < -0.4 is 10.1 Å². The van der Waals surface area contributed by atoms with Gasteiger partial charge in [-0.15, -0.1) is 0 Å². The SMILES string of the molecule is C[C@H](O)CCC(=O)NCc1ccc(Oc2ccc(F)cc2)cc1. The normalized spacial score (nSPS) is 11.8. The van der Waals surface area contributed by atoms with Crippen molar-refractivity contribution in [1.29, 1.82) is 0 Å². The summed E-state index contributed by atoms with van der Waals surface area (Å²) in [6.07, 6.45) is 0.295. The van der Waals surface area contributed by atoms with Gasteiger partial charge >= 0.3 is 0 Å². The maximum Gasteiger partial charge on any atom is 0.220 e. The summed E-state index contributed by atoms with van der Waals surface area (Å²) in [5.41, 5.74) is 0.946. The molecule has 2 rings (SSSR count). The lowest BCUT2D eigenvalue weighted by molar-refractivity contribution is -0.121. The molecule has 0 radical (unpaired) electrons. The third-order valence-electron chi connectivity index (χ3n) is 3.25. The minimum atomic E-state index is -0.469. The number of aliphatic hydroxyl groups excluding tert-OH is 1. The number of carbonyl (C=O) groups is 1. The van der Waals surface area contributed by atoms with Crippen molar-refractivity contribution in [3.8, 4) is 11.5 Å². The first kappa shape index (κ1) is 17.0. The zero-order valence-corrected chi connectivity index (χ0v) is 13.0. The highest BCUT2D eigenvalue weighted by Gasteiger charge is 2.04. The summed E-state index contributed by atoms with van der Waals surface area (Å²) in [4.78, 5) is 11.6. The van der Waals surface area contributed by atoms with Gasteiger partial charge in [0.25, 0.3) is 0 Å². The van der Waals surface area contributed by atoms with Crippen molar-refractivity contribution in [2.45, 2.75) is 32.4 Å². The lowest BCUT2D eigenvalue weighted by atomic mass is 10.2. The van der Waals surface area contributed by atoms with Crippen LogP contribution in [0.1, 0.15) is 25.3 Å². The van der Waals surface area contributed by atoms with Gasteiger partial charge in [-0.25, -0.2) is 4.39 Å². The molecule has 0 fully saturated rings. The van der Waals surface area contributed by atoms with E-state index in [9.17, 15) is 9.18 Å². The molecule has 23 heavy (non-hydrogen) atoms. The summed E-state index contributed by atoms with van der Waals surface area (Å²) in [5, 5.41) is 11.9. The Morgan fingerprint density at radius 2 is 1.70 bits per heavy atom. The van der Waals surface area contributed by atoms with Gasteiger partial charge in [-0.05, 0) is 55.3 Å². The summed E-state index contributed by atoms with van der Waals surface area (Å²) >= 11 is 0. The maximum absolute atomic E-state index is 12.8. The predicted octanol–water partition coefficient (Wildman–Crippen LogP) is 3.40. The van der Waals surface area contributed by atoms with Crippen LogP contribution >= 0.6 is 0 Å². The summed E-state index contributed by atoms with van der Waals surface area (Å²) in [6, 6.07) is 13.1. The third kappa shape index (κ3) is 6.08. The zero-order chi connectivity index (χ0) is 16.7. The van der Waals surface area contributed by atoms with Crippen LogP contribution in [-0.2, 0) is 11.3 Å². The predicted molar refractivity (Wildman–Crippen MR) is 85.7 cm³/mol. The summed E-state index contributed by atoms with van der Waals surface area (Å²) in [7, 11) is 0. The second-order valence-electron chi connectivity index (χ2n) is 5.36. The molecule has 1 atom stereocenters. The van der Waals surface area contributed by atoms with Crippen LogP contribution in [0.2, 0.25) is 0 Å². The van der Waals surface area contributed by atoms with Gasteiger partial charge in [0.2, 0.25) is 5.91 Å². The fraction of sp³-hybridized carbons (Fsp3) is 0.278. The number of carbonyl (C=O) groups excluding carboxylic acids is 1. The molecule has 0 bridgehead atoms. The van der Waals surface area contributed by atoms with E-state index in [1.54, 1.807) is 31.2 Å². The highest BCUT2D eigenvalue weighted by molar-refractivity contribution is 5.75. The van der Waals surface area contributed by atoms with Gasteiger partial charge in [0.1, 0.15) is 17.3 Å². The number of aliphatic hydroxyl groups is 1. The summed E-state index contributed by atoms with van der Waals surface area (Å²) in [6.45, 7) is 2.09. The Kier molecular flexibility index (Phi) is 6.11. The van der Waals surface area contributed by atoms with Crippen LogP contribution in [0.5, 0.6) is 11.5 Å². The molecule has 0 saturated heterocycles. The fourth-order valence-electron chi connectivity index (χ4n) is 1.94. The lowest BCUT2D eigenvalue weighted by Crippen LogP contribution is -2.23. The van der Waals surface area contributed by atoms with Gasteiger partial charge in [0.05, 0.1) is 6.10 Å². The molecular weight excluding hydrogens is 297 g/mol. The van der Waals surface area contributed by atoms with E-state index < -0.39 is 6.10 Å². The van der Waals surface area contributed by atoms with Crippen LogP contribution in [0.4, 0.5) is 4.39 Å². The molecule has 4 nitrogen and oxygen atoms in total. The Bertz CT molecular complexity index is 624. The van der Waals surface area contributed by atoms with Crippen molar-refractivity contribution in [2.24, 2.45) is 0 Å². The van der Waals surface area contributed by atoms with E-state index in [-0.39, 0.29) is 11.7 Å². The molecule has 0 spiro atoms. The molecule has 0 saturated carbocycles. The molecule has 0 aliphatic carbocycles. The number of benzene rings is 2. The molecule has 122 valence electrons. The highest BCUT2D eigenvalue weighted by Crippen LogP contribution is 2.21. The molecule has 5 heteroatoms. The molecule has 1 amide bonds. The van der Waals surface area contributed by atoms with Crippen LogP contribution in [0.25, 0.3) is 0 Å². The standard InChI is InChI=1S/C18H20FNO3/c1-13(21)2-11-18(22)20-12-14-3-7-16(8-4-14)23-17-9-5-15(19)6-10-17/h3-10,13,21H,2,11-12H2,1H3,(H,20,22)/t13-/m0/s1. The molecule has 0 aliphatic heterocycles. The van der Waals surface area contributed by atoms with Crippen LogP contribution in [-0.4, -0.2) is 17.1 Å². The Morgan fingerprint density at radius 3 is 2.26 bits per heavy atom. The Hall–Kier alpha value is -2.40. The van der Waals surface area contributed by atoms with Crippen LogP contribution in [0.15, 0.2) is 48.5 Å². The fourth-order valence-corrected chi connectivity index (χ4v) is 1.94. The van der Waals surface area contributed by atoms with E-state index in [4.69, 9.17) is 9.84 Å². The third-order valence-corrected chi connectivity index (χ3v) is 3.25. The summed E-state index contributed by atoms with van der Waals surface area (Å²) in [5.74, 6) is 0.808. The highest BCUT2D eigenvalue weighted by atomic mass is 19.1. The second kappa shape index (κ2) is 8.29. The first-order valence-electron chi connectivity index (χ1n) is 7.50. The maximum atomic E-state index is 12.8. The van der Waals surface area contributed by atoms with E-state index in [0.29, 0.717) is 30.9 Å². The Morgan fingerprint density at radius 1 is 1.13 bits per heavy atom. The molecule has 0 unspecified atom stereocenters. The zero-order valence-electron chi connectivity index (χ0n) is 13.0. The van der Waals surface area contributed by atoms with Crippen LogP contribution in [0.3, 0.4) is 0 Å². The second-order valence-corrected chi connectivity index (χ2v) is 5.36. The molecule has 0 heterocycles. The van der Waals surface area contributed by atoms with E-state index in [2.05, 4.69) is 5.32 Å². The van der Waals surface area contributed by atoms with Crippen molar-refractivity contribution in [3.05, 3.63) is 59.9 Å². The molecule has 2 aromatic carbocycles. The number of ether oxygens (including phenoxy) is 1. The number of nitrogens with one attached hydrogen (secondary N) is 1. The first-order valence-corrected chi connectivity index (χ1v) is 7.50. The average Bonchev–Trinajstić information content (AvgIpc) is 2.54. The van der Waals surface area contributed by atoms with Crippen molar-refractivity contribution in [2.75, 3.05) is 0 Å². The average molecular weight is 317 g/mol. The number of halogens is 1. The van der Waals surface area contributed by atoms with Crippen molar-refractivity contribution in [1.82, 2.24) is 5.32 Å². The van der Waals surface area contributed by atoms with Gasteiger partial charge in [-0.2, -0.15) is 0 Å². The van der Waals surface area contributed by atoms with Gasteiger partial charge in [-0.1, -0.05) is 12.1 Å². The molecular formula is C18H20FNO3. The monoisotopic (exact) mass is 317 g/mol. The van der Waals surface area contributed by atoms with E-state index >= 15 is 0 Å². The van der Waals surface area contributed by atoms with E-state index in [0.717, 1.165) is 5.56 Å². The van der Waals surface area contributed by atoms with Crippen molar-refractivity contribution in [3.63, 3.8) is 0 Å². The Balaban J connectivity index is 1.82. The van der Waals surface area contributed by atoms with Gasteiger partial charge in [-0.3, -0.25) is 4.79 Å². The van der Waals surface area contributed by atoms with Crippen LogP contribution in [0, 0.1) is 5.82 Å².